The van der Waals surface area contributed by atoms with Crippen LogP contribution in [0.5, 0.6) is 5.75 Å². The summed E-state index contributed by atoms with van der Waals surface area (Å²) in [7, 11) is 1.67. The van der Waals surface area contributed by atoms with Crippen molar-refractivity contribution in [2.24, 2.45) is 0 Å². The monoisotopic (exact) mass is 234 g/mol. The molecule has 0 aliphatic heterocycles. The number of thiol groups is 1. The standard InChI is InChI=1S/C12H14N2OS/c1-8-12(14-11(7-16)13-8)9-5-3-4-6-10(9)15-2/h3-6,16H,7H2,1-2H3,(H,13,14). The van der Waals surface area contributed by atoms with E-state index in [2.05, 4.69) is 22.6 Å². The summed E-state index contributed by atoms with van der Waals surface area (Å²) < 4.78 is 5.32. The van der Waals surface area contributed by atoms with E-state index >= 15 is 0 Å². The first-order valence-corrected chi connectivity index (χ1v) is 5.69. The fraction of sp³-hybridized carbons (Fsp3) is 0.250. The number of imidazole rings is 1. The number of rotatable bonds is 3. The molecule has 16 heavy (non-hydrogen) atoms. The van der Waals surface area contributed by atoms with Crippen LogP contribution in [0.1, 0.15) is 11.5 Å². The highest BCUT2D eigenvalue weighted by Crippen LogP contribution is 2.30. The van der Waals surface area contributed by atoms with E-state index in [0.717, 1.165) is 28.5 Å². The molecule has 0 bridgehead atoms. The molecule has 0 amide bonds. The Hall–Kier alpha value is -1.42. The molecule has 0 saturated carbocycles. The van der Waals surface area contributed by atoms with Gasteiger partial charge in [0.05, 0.1) is 12.8 Å². The first-order valence-electron chi connectivity index (χ1n) is 5.06. The van der Waals surface area contributed by atoms with Gasteiger partial charge in [-0.05, 0) is 19.1 Å². The number of aromatic nitrogens is 2. The van der Waals surface area contributed by atoms with Gasteiger partial charge >= 0.3 is 0 Å². The molecule has 0 aliphatic rings. The second-order valence-electron chi connectivity index (χ2n) is 3.52. The quantitative estimate of drug-likeness (QED) is 0.801. The molecule has 1 heterocycles. The smallest absolute Gasteiger partial charge is 0.128 e. The number of hydrogen-bond donors (Lipinski definition) is 2. The highest BCUT2D eigenvalue weighted by molar-refractivity contribution is 7.79. The van der Waals surface area contributed by atoms with Gasteiger partial charge in [-0.1, -0.05) is 12.1 Å². The topological polar surface area (TPSA) is 37.9 Å². The van der Waals surface area contributed by atoms with Crippen LogP contribution < -0.4 is 4.74 Å². The number of nitrogens with one attached hydrogen (secondary N) is 1. The largest absolute Gasteiger partial charge is 0.496 e. The molecule has 4 heteroatoms. The van der Waals surface area contributed by atoms with Crippen molar-refractivity contribution in [3.05, 3.63) is 35.8 Å². The maximum absolute atomic E-state index is 5.32. The maximum atomic E-state index is 5.32. The van der Waals surface area contributed by atoms with Crippen LogP contribution in [0.4, 0.5) is 0 Å². The molecule has 0 atom stereocenters. The van der Waals surface area contributed by atoms with Crippen LogP contribution in [-0.2, 0) is 5.75 Å². The molecule has 0 unspecified atom stereocenters. The van der Waals surface area contributed by atoms with Crippen LogP contribution in [0, 0.1) is 6.92 Å². The highest BCUT2D eigenvalue weighted by Gasteiger charge is 2.11. The van der Waals surface area contributed by atoms with Crippen LogP contribution in [0.25, 0.3) is 11.3 Å². The van der Waals surface area contributed by atoms with Gasteiger partial charge in [-0.2, -0.15) is 12.6 Å². The number of benzene rings is 1. The molecule has 0 spiro atoms. The van der Waals surface area contributed by atoms with E-state index in [1.807, 2.05) is 31.2 Å². The second-order valence-corrected chi connectivity index (χ2v) is 3.83. The summed E-state index contributed by atoms with van der Waals surface area (Å²) in [4.78, 5) is 7.70. The average Bonchev–Trinajstić information content (AvgIpc) is 2.70. The van der Waals surface area contributed by atoms with Crippen LogP contribution in [0.3, 0.4) is 0 Å². The van der Waals surface area contributed by atoms with E-state index in [1.165, 1.54) is 0 Å². The Morgan fingerprint density at radius 1 is 1.38 bits per heavy atom. The summed E-state index contributed by atoms with van der Waals surface area (Å²) in [5, 5.41) is 0. The van der Waals surface area contributed by atoms with Crippen molar-refractivity contribution in [3.8, 4) is 17.0 Å². The molecule has 2 rings (SSSR count). The Labute approximate surface area is 100 Å². The van der Waals surface area contributed by atoms with Crippen molar-refractivity contribution < 1.29 is 4.74 Å². The van der Waals surface area contributed by atoms with Gasteiger partial charge in [0.15, 0.2) is 0 Å². The molecule has 0 fully saturated rings. The van der Waals surface area contributed by atoms with Crippen molar-refractivity contribution in [2.45, 2.75) is 12.7 Å². The molecular weight excluding hydrogens is 220 g/mol. The van der Waals surface area contributed by atoms with E-state index < -0.39 is 0 Å². The number of nitrogens with zero attached hydrogens (tertiary/aromatic N) is 1. The average molecular weight is 234 g/mol. The zero-order valence-corrected chi connectivity index (χ0v) is 10.2. The lowest BCUT2D eigenvalue weighted by atomic mass is 10.1. The molecule has 84 valence electrons. The SMILES string of the molecule is COc1ccccc1-c1nc(CS)[nH]c1C. The molecule has 1 aromatic heterocycles. The summed E-state index contributed by atoms with van der Waals surface area (Å²) in [5.74, 6) is 2.32. The van der Waals surface area contributed by atoms with Crippen LogP contribution in [0.2, 0.25) is 0 Å². The molecule has 1 aromatic carbocycles. The zero-order chi connectivity index (χ0) is 11.5. The van der Waals surface area contributed by atoms with E-state index in [9.17, 15) is 0 Å². The van der Waals surface area contributed by atoms with Crippen LogP contribution in [0.15, 0.2) is 24.3 Å². The van der Waals surface area contributed by atoms with Crippen molar-refractivity contribution in [1.29, 1.82) is 0 Å². The predicted octanol–water partition coefficient (Wildman–Crippen LogP) is 2.82. The second kappa shape index (κ2) is 4.61. The number of aromatic amines is 1. The molecular formula is C12H14N2OS. The van der Waals surface area contributed by atoms with Crippen molar-refractivity contribution in [1.82, 2.24) is 9.97 Å². The lowest BCUT2D eigenvalue weighted by Crippen LogP contribution is -1.89. The third-order valence-corrected chi connectivity index (χ3v) is 2.75. The Morgan fingerprint density at radius 3 is 2.75 bits per heavy atom. The number of hydrogen-bond acceptors (Lipinski definition) is 3. The Bertz CT molecular complexity index is 494. The summed E-state index contributed by atoms with van der Waals surface area (Å²) in [6.07, 6.45) is 0. The summed E-state index contributed by atoms with van der Waals surface area (Å²) >= 11 is 4.21. The number of ether oxygens (including phenoxy) is 1. The van der Waals surface area contributed by atoms with Gasteiger partial charge in [0, 0.05) is 17.0 Å². The molecule has 0 saturated heterocycles. The van der Waals surface area contributed by atoms with Gasteiger partial charge in [0.2, 0.25) is 0 Å². The van der Waals surface area contributed by atoms with Crippen molar-refractivity contribution >= 4 is 12.6 Å². The van der Waals surface area contributed by atoms with E-state index in [4.69, 9.17) is 4.74 Å². The normalized spacial score (nSPS) is 10.4. The van der Waals surface area contributed by atoms with Gasteiger partial charge in [-0.25, -0.2) is 4.98 Å². The van der Waals surface area contributed by atoms with Crippen LogP contribution >= 0.6 is 12.6 Å². The summed E-state index contributed by atoms with van der Waals surface area (Å²) in [6, 6.07) is 7.87. The van der Waals surface area contributed by atoms with Crippen molar-refractivity contribution in [2.75, 3.05) is 7.11 Å². The lowest BCUT2D eigenvalue weighted by molar-refractivity contribution is 0.416. The third-order valence-electron chi connectivity index (χ3n) is 2.45. The summed E-state index contributed by atoms with van der Waals surface area (Å²) in [5.41, 5.74) is 2.97. The van der Waals surface area contributed by atoms with Gasteiger partial charge in [-0.3, -0.25) is 0 Å². The van der Waals surface area contributed by atoms with Gasteiger partial charge < -0.3 is 9.72 Å². The first-order chi connectivity index (χ1) is 7.76. The van der Waals surface area contributed by atoms with Crippen molar-refractivity contribution in [3.63, 3.8) is 0 Å². The fourth-order valence-electron chi connectivity index (χ4n) is 1.70. The fourth-order valence-corrected chi connectivity index (χ4v) is 1.85. The molecule has 0 radical (unpaired) electrons. The minimum absolute atomic E-state index is 0.607. The van der Waals surface area contributed by atoms with Crippen LogP contribution in [-0.4, -0.2) is 17.1 Å². The maximum Gasteiger partial charge on any atom is 0.128 e. The Kier molecular flexibility index (Phi) is 3.19. The predicted molar refractivity (Wildman–Crippen MR) is 68.0 cm³/mol. The number of methoxy groups -OCH3 is 1. The summed E-state index contributed by atoms with van der Waals surface area (Å²) in [6.45, 7) is 2.00. The highest BCUT2D eigenvalue weighted by atomic mass is 32.1. The molecule has 2 aromatic rings. The number of aryl methyl sites for hydroxylation is 1. The van der Waals surface area contributed by atoms with E-state index in [0.29, 0.717) is 5.75 Å². The van der Waals surface area contributed by atoms with Gasteiger partial charge in [0.25, 0.3) is 0 Å². The molecule has 1 N–H and O–H groups in total. The van der Waals surface area contributed by atoms with E-state index in [-0.39, 0.29) is 0 Å². The molecule has 3 nitrogen and oxygen atoms in total. The van der Waals surface area contributed by atoms with E-state index in [1.54, 1.807) is 7.11 Å². The minimum Gasteiger partial charge on any atom is -0.496 e. The zero-order valence-electron chi connectivity index (χ0n) is 9.32. The molecule has 0 aliphatic carbocycles. The Balaban J connectivity index is 2.53. The number of para-hydroxylation sites is 1. The van der Waals surface area contributed by atoms with Gasteiger partial charge in [-0.15, -0.1) is 0 Å². The van der Waals surface area contributed by atoms with Gasteiger partial charge in [0.1, 0.15) is 11.6 Å². The third kappa shape index (κ3) is 1.93. The number of H-pyrrole nitrogens is 1. The minimum atomic E-state index is 0.607. The lowest BCUT2D eigenvalue weighted by Gasteiger charge is -2.05. The first kappa shape index (κ1) is 11.1. The Morgan fingerprint density at radius 2 is 2.12 bits per heavy atom.